The highest BCUT2D eigenvalue weighted by Gasteiger charge is 2.41. The number of amides is 1. The fourth-order valence-electron chi connectivity index (χ4n) is 3.74. The Kier molecular flexibility index (Phi) is 4.27. The summed E-state index contributed by atoms with van der Waals surface area (Å²) in [6.07, 6.45) is 4.54. The molecule has 0 radical (unpaired) electrons. The lowest BCUT2D eigenvalue weighted by molar-refractivity contribution is 0.0382. The number of carbonyl (C=O) groups is 1. The van der Waals surface area contributed by atoms with Crippen molar-refractivity contribution in [3.63, 3.8) is 0 Å². The molecular formula is C18H23N5O2. The summed E-state index contributed by atoms with van der Waals surface area (Å²) in [7, 11) is 0. The van der Waals surface area contributed by atoms with Crippen molar-refractivity contribution in [1.82, 2.24) is 25.2 Å². The lowest BCUT2D eigenvalue weighted by Gasteiger charge is -2.21. The lowest BCUT2D eigenvalue weighted by Crippen LogP contribution is -2.34. The molecule has 7 nitrogen and oxygen atoms in total. The molecule has 0 bridgehead atoms. The van der Waals surface area contributed by atoms with Gasteiger partial charge in [0.1, 0.15) is 11.3 Å². The van der Waals surface area contributed by atoms with Gasteiger partial charge in [0.25, 0.3) is 5.91 Å². The van der Waals surface area contributed by atoms with Crippen LogP contribution in [0.3, 0.4) is 0 Å². The van der Waals surface area contributed by atoms with Gasteiger partial charge >= 0.3 is 0 Å². The van der Waals surface area contributed by atoms with Gasteiger partial charge < -0.3 is 10.0 Å². The van der Waals surface area contributed by atoms with E-state index in [2.05, 4.69) is 20.3 Å². The van der Waals surface area contributed by atoms with Gasteiger partial charge in [-0.3, -0.25) is 9.69 Å². The van der Waals surface area contributed by atoms with Crippen LogP contribution in [0.1, 0.15) is 40.9 Å². The largest absolute Gasteiger partial charge is 0.381 e. The van der Waals surface area contributed by atoms with E-state index in [0.29, 0.717) is 24.2 Å². The highest BCUT2D eigenvalue weighted by atomic mass is 16.3. The van der Waals surface area contributed by atoms with Gasteiger partial charge in [-0.05, 0) is 43.6 Å². The van der Waals surface area contributed by atoms with E-state index in [1.807, 2.05) is 24.3 Å². The molecule has 0 spiro atoms. The summed E-state index contributed by atoms with van der Waals surface area (Å²) in [4.78, 5) is 16.8. The SMILES string of the molecule is O=C(c1ccc(CN2CCCC2)cc1)N1CCC(O)(c2cn[nH]n2)C1. The Morgan fingerprint density at radius 3 is 2.64 bits per heavy atom. The number of carbonyl (C=O) groups excluding carboxylic acids is 1. The van der Waals surface area contributed by atoms with Crippen molar-refractivity contribution >= 4 is 5.91 Å². The predicted molar refractivity (Wildman–Crippen MR) is 91.8 cm³/mol. The van der Waals surface area contributed by atoms with E-state index < -0.39 is 5.60 Å². The van der Waals surface area contributed by atoms with E-state index >= 15 is 0 Å². The van der Waals surface area contributed by atoms with Crippen LogP contribution < -0.4 is 0 Å². The maximum Gasteiger partial charge on any atom is 0.253 e. The van der Waals surface area contributed by atoms with E-state index in [9.17, 15) is 9.90 Å². The molecule has 3 heterocycles. The Morgan fingerprint density at radius 1 is 1.20 bits per heavy atom. The van der Waals surface area contributed by atoms with E-state index in [-0.39, 0.29) is 12.5 Å². The number of β-amino-alcohol motifs (C(OH)–C–C–N with tert-alkyl or cyclic N) is 1. The molecule has 132 valence electrons. The number of likely N-dealkylation sites (tertiary alicyclic amines) is 2. The minimum Gasteiger partial charge on any atom is -0.381 e. The Hall–Kier alpha value is -2.25. The van der Waals surface area contributed by atoms with Crippen LogP contribution in [0.4, 0.5) is 0 Å². The Balaban J connectivity index is 1.41. The van der Waals surface area contributed by atoms with E-state index in [0.717, 1.165) is 19.6 Å². The summed E-state index contributed by atoms with van der Waals surface area (Å²) in [5.41, 5.74) is 1.27. The summed E-state index contributed by atoms with van der Waals surface area (Å²) in [5, 5.41) is 20.9. The monoisotopic (exact) mass is 341 g/mol. The third-order valence-corrected chi connectivity index (χ3v) is 5.23. The number of aromatic amines is 1. The van der Waals surface area contributed by atoms with Gasteiger partial charge in [-0.15, -0.1) is 0 Å². The molecule has 1 atom stereocenters. The number of H-pyrrole nitrogens is 1. The number of hydrogen-bond acceptors (Lipinski definition) is 5. The zero-order chi connectivity index (χ0) is 17.3. The van der Waals surface area contributed by atoms with Gasteiger partial charge in [0.05, 0.1) is 12.7 Å². The van der Waals surface area contributed by atoms with Gasteiger partial charge in [-0.2, -0.15) is 15.4 Å². The van der Waals surface area contributed by atoms with Crippen LogP contribution in [0, 0.1) is 0 Å². The first-order chi connectivity index (χ1) is 12.1. The number of benzene rings is 1. The molecule has 1 unspecified atom stereocenters. The molecular weight excluding hydrogens is 318 g/mol. The number of rotatable bonds is 4. The van der Waals surface area contributed by atoms with Crippen LogP contribution in [-0.4, -0.2) is 62.4 Å². The molecule has 2 N–H and O–H groups in total. The molecule has 1 aromatic heterocycles. The molecule has 2 aliphatic heterocycles. The third-order valence-electron chi connectivity index (χ3n) is 5.23. The minimum atomic E-state index is -1.11. The standard InChI is InChI=1S/C18H23N5O2/c24-17(23-10-7-18(25,13-23)16-11-19-21-20-16)15-5-3-14(4-6-15)12-22-8-1-2-9-22/h3-6,11,25H,1-2,7-10,12-13H2,(H,19,20,21). The van der Waals surface area contributed by atoms with Crippen LogP contribution >= 0.6 is 0 Å². The Labute approximate surface area is 146 Å². The maximum atomic E-state index is 12.7. The van der Waals surface area contributed by atoms with Crippen LogP contribution in [0.5, 0.6) is 0 Å². The van der Waals surface area contributed by atoms with Crippen molar-refractivity contribution in [1.29, 1.82) is 0 Å². The van der Waals surface area contributed by atoms with Crippen LogP contribution in [-0.2, 0) is 12.1 Å². The molecule has 7 heteroatoms. The third kappa shape index (κ3) is 3.29. The van der Waals surface area contributed by atoms with E-state index in [4.69, 9.17) is 0 Å². The summed E-state index contributed by atoms with van der Waals surface area (Å²) in [6.45, 7) is 4.03. The van der Waals surface area contributed by atoms with Gasteiger partial charge in [0.15, 0.2) is 0 Å². The van der Waals surface area contributed by atoms with Crippen LogP contribution in [0.2, 0.25) is 0 Å². The number of aromatic nitrogens is 3. The second kappa shape index (κ2) is 6.57. The average molecular weight is 341 g/mol. The van der Waals surface area contributed by atoms with Crippen molar-refractivity contribution in [3.8, 4) is 0 Å². The lowest BCUT2D eigenvalue weighted by atomic mass is 10.00. The van der Waals surface area contributed by atoms with Crippen LogP contribution in [0.15, 0.2) is 30.5 Å². The molecule has 1 amide bonds. The highest BCUT2D eigenvalue weighted by molar-refractivity contribution is 5.94. The summed E-state index contributed by atoms with van der Waals surface area (Å²) in [6, 6.07) is 7.85. The molecule has 4 rings (SSSR count). The fraction of sp³-hybridized carbons (Fsp3) is 0.500. The predicted octanol–water partition coefficient (Wildman–Crippen LogP) is 1.13. The second-order valence-corrected chi connectivity index (χ2v) is 7.04. The van der Waals surface area contributed by atoms with E-state index in [1.54, 1.807) is 4.90 Å². The normalized spacial score (nSPS) is 24.1. The van der Waals surface area contributed by atoms with Gasteiger partial charge in [-0.25, -0.2) is 0 Å². The molecule has 0 saturated carbocycles. The first-order valence-corrected chi connectivity index (χ1v) is 8.83. The number of nitrogens with zero attached hydrogens (tertiary/aromatic N) is 4. The summed E-state index contributed by atoms with van der Waals surface area (Å²) >= 11 is 0. The average Bonchev–Trinajstić information content (AvgIpc) is 3.37. The molecule has 2 aliphatic rings. The van der Waals surface area contributed by atoms with Crippen molar-refractivity contribution in [2.24, 2.45) is 0 Å². The topological polar surface area (TPSA) is 85.4 Å². The maximum absolute atomic E-state index is 12.7. The number of aliphatic hydroxyl groups is 1. The van der Waals surface area contributed by atoms with Gasteiger partial charge in [0, 0.05) is 25.1 Å². The minimum absolute atomic E-state index is 0.0489. The van der Waals surface area contributed by atoms with Crippen LogP contribution in [0.25, 0.3) is 0 Å². The smallest absolute Gasteiger partial charge is 0.253 e. The highest BCUT2D eigenvalue weighted by Crippen LogP contribution is 2.31. The van der Waals surface area contributed by atoms with Gasteiger partial charge in [-0.1, -0.05) is 12.1 Å². The molecule has 2 saturated heterocycles. The zero-order valence-electron chi connectivity index (χ0n) is 14.2. The first-order valence-electron chi connectivity index (χ1n) is 8.83. The van der Waals surface area contributed by atoms with E-state index in [1.165, 1.54) is 24.6 Å². The van der Waals surface area contributed by atoms with Crippen molar-refractivity contribution in [3.05, 3.63) is 47.3 Å². The van der Waals surface area contributed by atoms with Crippen molar-refractivity contribution < 1.29 is 9.90 Å². The Bertz CT molecular complexity index is 724. The number of nitrogens with one attached hydrogen (secondary N) is 1. The summed E-state index contributed by atoms with van der Waals surface area (Å²) in [5.74, 6) is -0.0489. The van der Waals surface area contributed by atoms with Crippen molar-refractivity contribution in [2.75, 3.05) is 26.2 Å². The second-order valence-electron chi connectivity index (χ2n) is 7.04. The molecule has 0 aliphatic carbocycles. The quantitative estimate of drug-likeness (QED) is 0.871. The Morgan fingerprint density at radius 2 is 1.96 bits per heavy atom. The molecule has 25 heavy (non-hydrogen) atoms. The molecule has 1 aromatic carbocycles. The number of hydrogen-bond donors (Lipinski definition) is 2. The molecule has 2 aromatic rings. The van der Waals surface area contributed by atoms with Crippen molar-refractivity contribution in [2.45, 2.75) is 31.4 Å². The van der Waals surface area contributed by atoms with Gasteiger partial charge in [0.2, 0.25) is 0 Å². The fourth-order valence-corrected chi connectivity index (χ4v) is 3.74. The summed E-state index contributed by atoms with van der Waals surface area (Å²) < 4.78 is 0. The molecule has 2 fully saturated rings. The first kappa shape index (κ1) is 16.2. The zero-order valence-corrected chi connectivity index (χ0v) is 14.2.